The molecule has 1 aromatic heterocycles. The Balaban J connectivity index is 1.59. The van der Waals surface area contributed by atoms with Gasteiger partial charge >= 0.3 is 0 Å². The van der Waals surface area contributed by atoms with Gasteiger partial charge in [-0.15, -0.1) is 0 Å². The molecule has 168 valence electrons. The number of carbonyl (C=O) groups is 1. The fourth-order valence-corrected chi connectivity index (χ4v) is 4.78. The zero-order chi connectivity index (χ0) is 22.1. The minimum atomic E-state index is -3.50. The van der Waals surface area contributed by atoms with Crippen LogP contribution in [-0.4, -0.2) is 74.3 Å². The van der Waals surface area contributed by atoms with Crippen LogP contribution in [0.4, 0.5) is 0 Å². The standard InChI is InChI=1S/C23H31N3O4S/c1-20-3-5-22(6-4-20)31(28,29)18-9-23(27)26(19-21-7-10-24-11-8-21)13-2-12-25-14-16-30-17-15-25/h3-8,10-11H,2,9,12-19H2,1H3. The van der Waals surface area contributed by atoms with E-state index in [2.05, 4.69) is 9.88 Å². The Labute approximate surface area is 185 Å². The average Bonchev–Trinajstić information content (AvgIpc) is 2.78. The van der Waals surface area contributed by atoms with E-state index in [-0.39, 0.29) is 23.0 Å². The predicted octanol–water partition coefficient (Wildman–Crippen LogP) is 2.30. The van der Waals surface area contributed by atoms with E-state index >= 15 is 0 Å². The third-order valence-corrected chi connectivity index (χ3v) is 7.18. The number of sulfone groups is 1. The Bertz CT molecular complexity index is 927. The Kier molecular flexibility index (Phi) is 8.57. The molecule has 1 saturated heterocycles. The number of amides is 1. The summed E-state index contributed by atoms with van der Waals surface area (Å²) in [6, 6.07) is 10.5. The third kappa shape index (κ3) is 7.41. The van der Waals surface area contributed by atoms with Crippen molar-refractivity contribution in [1.82, 2.24) is 14.8 Å². The minimum Gasteiger partial charge on any atom is -0.379 e. The molecule has 1 aliphatic heterocycles. The molecule has 7 nitrogen and oxygen atoms in total. The van der Waals surface area contributed by atoms with Crippen LogP contribution >= 0.6 is 0 Å². The molecule has 1 aliphatic rings. The lowest BCUT2D eigenvalue weighted by Crippen LogP contribution is -2.39. The van der Waals surface area contributed by atoms with Crippen LogP contribution in [0.5, 0.6) is 0 Å². The van der Waals surface area contributed by atoms with Gasteiger partial charge in [0.2, 0.25) is 5.91 Å². The van der Waals surface area contributed by atoms with Crippen molar-refractivity contribution in [1.29, 1.82) is 0 Å². The second-order valence-corrected chi connectivity index (χ2v) is 9.97. The van der Waals surface area contributed by atoms with Gasteiger partial charge in [0.15, 0.2) is 9.84 Å². The van der Waals surface area contributed by atoms with Gasteiger partial charge in [0.05, 0.1) is 23.9 Å². The molecule has 0 saturated carbocycles. The maximum absolute atomic E-state index is 13.0. The largest absolute Gasteiger partial charge is 0.379 e. The number of ether oxygens (including phenoxy) is 1. The summed E-state index contributed by atoms with van der Waals surface area (Å²) in [7, 11) is -3.50. The Morgan fingerprint density at radius 3 is 2.45 bits per heavy atom. The predicted molar refractivity (Wildman–Crippen MR) is 119 cm³/mol. The van der Waals surface area contributed by atoms with Gasteiger partial charge in [-0.05, 0) is 43.2 Å². The van der Waals surface area contributed by atoms with Gasteiger partial charge in [0.25, 0.3) is 0 Å². The first-order valence-corrected chi connectivity index (χ1v) is 12.4. The van der Waals surface area contributed by atoms with E-state index in [0.29, 0.717) is 13.1 Å². The fourth-order valence-electron chi connectivity index (χ4n) is 3.55. The quantitative estimate of drug-likeness (QED) is 0.558. The molecule has 0 spiro atoms. The second kappa shape index (κ2) is 11.4. The van der Waals surface area contributed by atoms with Gasteiger partial charge in [0, 0.05) is 51.5 Å². The molecule has 0 bridgehead atoms. The van der Waals surface area contributed by atoms with Crippen LogP contribution in [0, 0.1) is 6.92 Å². The molecule has 0 unspecified atom stereocenters. The maximum Gasteiger partial charge on any atom is 0.223 e. The number of aromatic nitrogens is 1. The Morgan fingerprint density at radius 1 is 1.10 bits per heavy atom. The van der Waals surface area contributed by atoms with E-state index < -0.39 is 9.84 Å². The molecular weight excluding hydrogens is 414 g/mol. The summed E-state index contributed by atoms with van der Waals surface area (Å²) in [5.41, 5.74) is 1.98. The molecule has 0 aliphatic carbocycles. The third-order valence-electron chi connectivity index (χ3n) is 5.45. The van der Waals surface area contributed by atoms with Crippen LogP contribution < -0.4 is 0 Å². The van der Waals surface area contributed by atoms with Crippen molar-refractivity contribution < 1.29 is 17.9 Å². The van der Waals surface area contributed by atoms with Crippen LogP contribution in [0.15, 0.2) is 53.7 Å². The van der Waals surface area contributed by atoms with E-state index in [1.807, 2.05) is 19.1 Å². The number of benzene rings is 1. The van der Waals surface area contributed by atoms with Crippen LogP contribution in [0.1, 0.15) is 24.0 Å². The molecule has 8 heteroatoms. The van der Waals surface area contributed by atoms with Gasteiger partial charge in [-0.3, -0.25) is 14.7 Å². The number of morpholine rings is 1. The van der Waals surface area contributed by atoms with E-state index in [1.54, 1.807) is 41.6 Å². The van der Waals surface area contributed by atoms with E-state index in [4.69, 9.17) is 4.74 Å². The monoisotopic (exact) mass is 445 g/mol. The van der Waals surface area contributed by atoms with Crippen LogP contribution in [-0.2, 0) is 25.9 Å². The molecule has 1 fully saturated rings. The van der Waals surface area contributed by atoms with Gasteiger partial charge in [-0.2, -0.15) is 0 Å². The first kappa shape index (κ1) is 23.4. The second-order valence-electron chi connectivity index (χ2n) is 7.86. The zero-order valence-corrected chi connectivity index (χ0v) is 18.9. The topological polar surface area (TPSA) is 79.8 Å². The summed E-state index contributed by atoms with van der Waals surface area (Å²) >= 11 is 0. The highest BCUT2D eigenvalue weighted by atomic mass is 32.2. The maximum atomic E-state index is 13.0. The minimum absolute atomic E-state index is 0.0289. The summed E-state index contributed by atoms with van der Waals surface area (Å²) in [5, 5.41) is 0. The molecule has 0 N–H and O–H groups in total. The molecule has 1 amide bonds. The zero-order valence-electron chi connectivity index (χ0n) is 18.1. The molecule has 1 aromatic carbocycles. The lowest BCUT2D eigenvalue weighted by atomic mass is 10.2. The first-order valence-electron chi connectivity index (χ1n) is 10.7. The summed E-state index contributed by atoms with van der Waals surface area (Å²) < 4.78 is 30.7. The highest BCUT2D eigenvalue weighted by Crippen LogP contribution is 2.15. The van der Waals surface area contributed by atoms with Crippen LogP contribution in [0.25, 0.3) is 0 Å². The summed E-state index contributed by atoms with van der Waals surface area (Å²) in [5.74, 6) is -0.333. The van der Waals surface area contributed by atoms with Gasteiger partial charge in [-0.1, -0.05) is 17.7 Å². The van der Waals surface area contributed by atoms with Crippen molar-refractivity contribution in [3.63, 3.8) is 0 Å². The van der Waals surface area contributed by atoms with Crippen molar-refractivity contribution in [2.75, 3.05) is 45.1 Å². The normalized spacial score (nSPS) is 15.0. The van der Waals surface area contributed by atoms with E-state index in [9.17, 15) is 13.2 Å². The van der Waals surface area contributed by atoms with Crippen molar-refractivity contribution >= 4 is 15.7 Å². The van der Waals surface area contributed by atoms with Crippen molar-refractivity contribution in [2.45, 2.75) is 31.2 Å². The fraction of sp³-hybridized carbons (Fsp3) is 0.478. The molecule has 2 aromatic rings. The van der Waals surface area contributed by atoms with Crippen molar-refractivity contribution in [3.8, 4) is 0 Å². The van der Waals surface area contributed by atoms with E-state index in [0.717, 1.165) is 50.4 Å². The summed E-state index contributed by atoms with van der Waals surface area (Å²) in [4.78, 5) is 21.4. The molecule has 2 heterocycles. The number of carbonyl (C=O) groups excluding carboxylic acids is 1. The lowest BCUT2D eigenvalue weighted by Gasteiger charge is -2.28. The summed E-state index contributed by atoms with van der Waals surface area (Å²) in [6.07, 6.45) is 4.21. The van der Waals surface area contributed by atoms with Crippen LogP contribution in [0.3, 0.4) is 0 Å². The Hall–Kier alpha value is -2.29. The van der Waals surface area contributed by atoms with E-state index in [1.165, 1.54) is 0 Å². The molecular formula is C23H31N3O4S. The molecule has 3 rings (SSSR count). The highest BCUT2D eigenvalue weighted by Gasteiger charge is 2.20. The number of rotatable bonds is 10. The van der Waals surface area contributed by atoms with Crippen LogP contribution in [0.2, 0.25) is 0 Å². The molecule has 0 atom stereocenters. The lowest BCUT2D eigenvalue weighted by molar-refractivity contribution is -0.131. The highest BCUT2D eigenvalue weighted by molar-refractivity contribution is 7.91. The van der Waals surface area contributed by atoms with Crippen molar-refractivity contribution in [3.05, 3.63) is 59.9 Å². The number of nitrogens with zero attached hydrogens (tertiary/aromatic N) is 3. The smallest absolute Gasteiger partial charge is 0.223 e. The summed E-state index contributed by atoms with van der Waals surface area (Å²) in [6.45, 7) is 7.16. The molecule has 31 heavy (non-hydrogen) atoms. The first-order chi connectivity index (χ1) is 14.9. The molecule has 0 radical (unpaired) electrons. The van der Waals surface area contributed by atoms with Gasteiger partial charge in [-0.25, -0.2) is 8.42 Å². The number of aryl methyl sites for hydroxylation is 1. The average molecular weight is 446 g/mol. The number of hydrogen-bond acceptors (Lipinski definition) is 6. The van der Waals surface area contributed by atoms with Crippen molar-refractivity contribution in [2.24, 2.45) is 0 Å². The number of pyridine rings is 1. The SMILES string of the molecule is Cc1ccc(S(=O)(=O)CCC(=O)N(CCCN2CCOCC2)Cc2ccncc2)cc1. The Morgan fingerprint density at radius 2 is 1.77 bits per heavy atom. The van der Waals surface area contributed by atoms with Gasteiger partial charge in [0.1, 0.15) is 0 Å². The van der Waals surface area contributed by atoms with Gasteiger partial charge < -0.3 is 9.64 Å². The number of hydrogen-bond donors (Lipinski definition) is 0.